The molecule has 0 aromatic carbocycles. The van der Waals surface area contributed by atoms with Crippen LogP contribution in [-0.4, -0.2) is 62.5 Å². The molecule has 4 nitrogen and oxygen atoms in total. The van der Waals surface area contributed by atoms with Gasteiger partial charge in [0.2, 0.25) is 0 Å². The van der Waals surface area contributed by atoms with E-state index in [9.17, 15) is 0 Å². The predicted molar refractivity (Wildman–Crippen MR) is 68.9 cm³/mol. The fourth-order valence-electron chi connectivity index (χ4n) is 2.76. The van der Waals surface area contributed by atoms with Crippen molar-refractivity contribution < 1.29 is 9.22 Å². The number of fused-ring (bicyclic) bond motifs is 6. The molecule has 3 saturated heterocycles. The predicted octanol–water partition coefficient (Wildman–Crippen LogP) is 1.88. The average molecular weight is 350 g/mol. The van der Waals surface area contributed by atoms with Crippen LogP contribution in [0.15, 0.2) is 0 Å². The van der Waals surface area contributed by atoms with Gasteiger partial charge in [0, 0.05) is 0 Å². The Kier molecular flexibility index (Phi) is 4.40. The Balaban J connectivity index is 2.29. The van der Waals surface area contributed by atoms with E-state index in [0.717, 1.165) is 19.6 Å². The molecule has 0 saturated carbocycles. The summed E-state index contributed by atoms with van der Waals surface area (Å²) >= 11 is -3.37. The van der Waals surface area contributed by atoms with Crippen LogP contribution in [0.5, 0.6) is 0 Å². The van der Waals surface area contributed by atoms with Gasteiger partial charge >= 0.3 is 110 Å². The Labute approximate surface area is 110 Å². The number of rotatable bonds is 1. The monoisotopic (exact) mass is 351 g/mol. The molecule has 3 fully saturated rings. The third kappa shape index (κ3) is 3.15. The molecule has 3 aliphatic heterocycles. The van der Waals surface area contributed by atoms with Crippen molar-refractivity contribution in [2.75, 3.05) is 19.6 Å². The van der Waals surface area contributed by atoms with Crippen LogP contribution in [-0.2, 0) is 9.22 Å². The summed E-state index contributed by atoms with van der Waals surface area (Å²) in [6.07, 6.45) is 0.689. The third-order valence-corrected chi connectivity index (χ3v) is 13.6. The summed E-state index contributed by atoms with van der Waals surface area (Å²) in [5.74, 6) is 0. The van der Waals surface area contributed by atoms with Crippen LogP contribution in [0.1, 0.15) is 34.6 Å². The van der Waals surface area contributed by atoms with Gasteiger partial charge in [-0.25, -0.2) is 0 Å². The van der Waals surface area contributed by atoms with Gasteiger partial charge in [-0.05, 0) is 0 Å². The molecule has 3 rings (SSSR count). The first kappa shape index (κ1) is 14.1. The first-order valence-corrected chi connectivity index (χ1v) is 11.8. The second-order valence-electron chi connectivity index (χ2n) is 5.76. The van der Waals surface area contributed by atoms with E-state index in [1.54, 1.807) is 0 Å². The van der Waals surface area contributed by atoms with Crippen LogP contribution < -0.4 is 0 Å². The number of hydrogen-bond donors (Lipinski definition) is 0. The van der Waals surface area contributed by atoms with Gasteiger partial charge in [0.05, 0.1) is 0 Å². The molecule has 100 valence electrons. The van der Waals surface area contributed by atoms with Gasteiger partial charge in [0.1, 0.15) is 0 Å². The Hall–Kier alpha value is 0.639. The van der Waals surface area contributed by atoms with Crippen molar-refractivity contribution >= 4 is 19.6 Å². The molecule has 3 unspecified atom stereocenters. The molecule has 0 aromatic heterocycles. The van der Waals surface area contributed by atoms with Crippen LogP contribution in [0.4, 0.5) is 0 Å². The van der Waals surface area contributed by atoms with Gasteiger partial charge < -0.3 is 0 Å². The van der Waals surface area contributed by atoms with E-state index >= 15 is 0 Å². The fourth-order valence-corrected chi connectivity index (χ4v) is 11.0. The summed E-state index contributed by atoms with van der Waals surface area (Å²) < 4.78 is 19.2. The van der Waals surface area contributed by atoms with Crippen molar-refractivity contribution in [2.45, 2.75) is 56.9 Å². The summed E-state index contributed by atoms with van der Waals surface area (Å²) in [7, 11) is 0. The summed E-state index contributed by atoms with van der Waals surface area (Å²) in [6, 6.07) is 0. The second kappa shape index (κ2) is 5.33. The van der Waals surface area contributed by atoms with E-state index in [0.29, 0.717) is 3.93 Å². The zero-order valence-electron chi connectivity index (χ0n) is 11.6. The molecule has 0 aliphatic carbocycles. The average Bonchev–Trinajstić information content (AvgIpc) is 2.11. The standard InChI is InChI=1S/C9H18NO3.C3H7.Sn/c1-7(11)4-10(5-8(2)12)6-9(3)13;1-3-2;/h7-9H,4-6H2,1-3H3;3H,1-2H3;/q-3;;+3. The summed E-state index contributed by atoms with van der Waals surface area (Å²) in [5, 5.41) is 0. The van der Waals surface area contributed by atoms with Crippen molar-refractivity contribution in [1.29, 1.82) is 0 Å². The zero-order valence-corrected chi connectivity index (χ0v) is 14.5. The fraction of sp³-hybridized carbons (Fsp3) is 1.00. The minimum atomic E-state index is -3.37. The molecule has 0 spiro atoms. The number of hydrogen-bond acceptors (Lipinski definition) is 4. The van der Waals surface area contributed by atoms with E-state index in [1.165, 1.54) is 0 Å². The minimum absolute atomic E-state index is 0.230. The molecule has 17 heavy (non-hydrogen) atoms. The van der Waals surface area contributed by atoms with Crippen molar-refractivity contribution in [2.24, 2.45) is 0 Å². The Morgan fingerprint density at radius 2 is 1.24 bits per heavy atom. The van der Waals surface area contributed by atoms with Crippen LogP contribution in [0.2, 0.25) is 3.93 Å². The first-order chi connectivity index (χ1) is 7.91. The van der Waals surface area contributed by atoms with Gasteiger partial charge in [0.15, 0.2) is 0 Å². The molecule has 0 radical (unpaired) electrons. The van der Waals surface area contributed by atoms with Gasteiger partial charge in [-0.3, -0.25) is 0 Å². The molecule has 0 aromatic rings. The second-order valence-corrected chi connectivity index (χ2v) is 14.5. The molecular formula is C12H25NO3Sn. The normalized spacial score (nSPS) is 47.6. The molecule has 2 bridgehead atoms. The van der Waals surface area contributed by atoms with Gasteiger partial charge in [-0.2, -0.15) is 0 Å². The maximum absolute atomic E-state index is 6.28. The van der Waals surface area contributed by atoms with E-state index < -0.39 is 19.6 Å². The van der Waals surface area contributed by atoms with Crippen LogP contribution in [0.25, 0.3) is 0 Å². The van der Waals surface area contributed by atoms with E-state index in [1.807, 2.05) is 0 Å². The third-order valence-electron chi connectivity index (χ3n) is 3.35. The molecule has 0 N–H and O–H groups in total. The summed E-state index contributed by atoms with van der Waals surface area (Å²) in [5.41, 5.74) is 0. The van der Waals surface area contributed by atoms with Crippen molar-refractivity contribution in [3.05, 3.63) is 0 Å². The zero-order chi connectivity index (χ0) is 12.6. The van der Waals surface area contributed by atoms with E-state index in [4.69, 9.17) is 9.22 Å². The van der Waals surface area contributed by atoms with E-state index in [-0.39, 0.29) is 18.3 Å². The van der Waals surface area contributed by atoms with Gasteiger partial charge in [-0.1, -0.05) is 0 Å². The summed E-state index contributed by atoms with van der Waals surface area (Å²) in [6.45, 7) is 13.8. The Morgan fingerprint density at radius 1 is 0.882 bits per heavy atom. The molecule has 3 atom stereocenters. The molecule has 3 aliphatic rings. The summed E-state index contributed by atoms with van der Waals surface area (Å²) in [4.78, 5) is 2.40. The molecule has 0 amide bonds. The van der Waals surface area contributed by atoms with Crippen LogP contribution >= 0.6 is 0 Å². The Bertz CT molecular complexity index is 238. The number of nitrogens with zero attached hydrogens (tertiary/aromatic N) is 1. The molecular weight excluding hydrogens is 325 g/mol. The van der Waals surface area contributed by atoms with Crippen molar-refractivity contribution in [3.8, 4) is 0 Å². The topological polar surface area (TPSA) is 30.9 Å². The SMILES string of the molecule is CC1CN2CC(C)[O][Sn]([CH](C)C)([O]1)[O]C(C)C2. The van der Waals surface area contributed by atoms with Gasteiger partial charge in [0.25, 0.3) is 0 Å². The maximum atomic E-state index is 6.28. The van der Waals surface area contributed by atoms with Crippen LogP contribution in [0.3, 0.4) is 0 Å². The van der Waals surface area contributed by atoms with Crippen molar-refractivity contribution in [3.63, 3.8) is 0 Å². The van der Waals surface area contributed by atoms with Gasteiger partial charge in [-0.15, -0.1) is 0 Å². The quantitative estimate of drug-likeness (QED) is 0.676. The van der Waals surface area contributed by atoms with Crippen LogP contribution in [0, 0.1) is 0 Å². The molecule has 5 heteroatoms. The van der Waals surface area contributed by atoms with Crippen molar-refractivity contribution in [1.82, 2.24) is 4.90 Å². The molecule has 3 heterocycles. The Morgan fingerprint density at radius 3 is 1.53 bits per heavy atom. The first-order valence-electron chi connectivity index (χ1n) is 6.67. The van der Waals surface area contributed by atoms with E-state index in [2.05, 4.69) is 39.5 Å².